The van der Waals surface area contributed by atoms with Crippen LogP contribution in [0.3, 0.4) is 0 Å². The van der Waals surface area contributed by atoms with Crippen molar-refractivity contribution >= 4 is 11.8 Å². The first kappa shape index (κ1) is 9.85. The minimum absolute atomic E-state index is 0.839. The van der Waals surface area contributed by atoms with Gasteiger partial charge in [0.15, 0.2) is 0 Å². The highest BCUT2D eigenvalue weighted by molar-refractivity contribution is 7.99. The first-order valence-corrected chi connectivity index (χ1v) is 6.92. The monoisotopic (exact) mass is 199 g/mol. The van der Waals surface area contributed by atoms with E-state index in [-0.39, 0.29) is 0 Å². The topological polar surface area (TPSA) is 12.0 Å². The molecule has 0 aromatic rings. The molecule has 0 spiro atoms. The van der Waals surface area contributed by atoms with Crippen molar-refractivity contribution in [2.24, 2.45) is 5.92 Å². The van der Waals surface area contributed by atoms with Crippen LogP contribution in [0, 0.1) is 5.92 Å². The van der Waals surface area contributed by atoms with E-state index >= 15 is 0 Å². The van der Waals surface area contributed by atoms with Crippen molar-refractivity contribution < 1.29 is 0 Å². The molecule has 76 valence electrons. The molecule has 2 fully saturated rings. The summed E-state index contributed by atoms with van der Waals surface area (Å²) in [6.45, 7) is 1.26. The molecule has 0 bridgehead atoms. The maximum Gasteiger partial charge on any atom is 0.0158 e. The van der Waals surface area contributed by atoms with Crippen LogP contribution >= 0.6 is 11.8 Å². The first-order valence-electron chi connectivity index (χ1n) is 5.76. The van der Waals surface area contributed by atoms with Gasteiger partial charge in [0.25, 0.3) is 0 Å². The lowest BCUT2D eigenvalue weighted by Crippen LogP contribution is -2.24. The van der Waals surface area contributed by atoms with Gasteiger partial charge in [0.2, 0.25) is 0 Å². The Morgan fingerprint density at radius 3 is 2.54 bits per heavy atom. The van der Waals surface area contributed by atoms with Gasteiger partial charge in [-0.1, -0.05) is 12.8 Å². The summed E-state index contributed by atoms with van der Waals surface area (Å²) in [5.74, 6) is 3.85. The maximum absolute atomic E-state index is 3.56. The van der Waals surface area contributed by atoms with Gasteiger partial charge in [-0.05, 0) is 43.9 Å². The van der Waals surface area contributed by atoms with Crippen molar-refractivity contribution in [3.05, 3.63) is 0 Å². The minimum Gasteiger partial charge on any atom is -0.313 e. The smallest absolute Gasteiger partial charge is 0.0158 e. The molecule has 0 aromatic heterocycles. The van der Waals surface area contributed by atoms with Crippen molar-refractivity contribution in [1.29, 1.82) is 0 Å². The summed E-state index contributed by atoms with van der Waals surface area (Å²) in [7, 11) is 0. The van der Waals surface area contributed by atoms with Crippen LogP contribution in [-0.2, 0) is 0 Å². The third-order valence-corrected chi connectivity index (χ3v) is 4.65. The fourth-order valence-corrected chi connectivity index (χ4v) is 3.82. The average Bonchev–Trinajstić information content (AvgIpc) is 2.75. The molecule has 2 aliphatic rings. The number of rotatable bonds is 4. The number of hydrogen-bond donors (Lipinski definition) is 1. The van der Waals surface area contributed by atoms with Crippen LogP contribution in [0.15, 0.2) is 0 Å². The highest BCUT2D eigenvalue weighted by Gasteiger charge is 2.17. The second kappa shape index (κ2) is 5.26. The number of hydrogen-bond acceptors (Lipinski definition) is 2. The van der Waals surface area contributed by atoms with E-state index in [1.54, 1.807) is 0 Å². The predicted molar refractivity (Wildman–Crippen MR) is 60.3 cm³/mol. The van der Waals surface area contributed by atoms with E-state index in [2.05, 4.69) is 17.1 Å². The Balaban J connectivity index is 1.52. The average molecular weight is 199 g/mol. The third kappa shape index (κ3) is 3.17. The van der Waals surface area contributed by atoms with Crippen molar-refractivity contribution in [2.75, 3.05) is 18.1 Å². The summed E-state index contributed by atoms with van der Waals surface area (Å²) >= 11 is 2.19. The largest absolute Gasteiger partial charge is 0.313 e. The molecule has 0 unspecified atom stereocenters. The molecule has 1 aliphatic heterocycles. The van der Waals surface area contributed by atoms with E-state index in [0.29, 0.717) is 0 Å². The molecular formula is C11H21NS. The lowest BCUT2D eigenvalue weighted by molar-refractivity contribution is 0.619. The van der Waals surface area contributed by atoms with E-state index in [0.717, 1.165) is 12.0 Å². The quantitative estimate of drug-likeness (QED) is 0.747. The van der Waals surface area contributed by atoms with E-state index in [1.165, 1.54) is 56.6 Å². The standard InChI is InChI=1S/C11H21NS/c1-2-5-10(4-1)8-13-9-11-6-3-7-12-11/h10-12H,1-9H2/t11-/m1/s1. The van der Waals surface area contributed by atoms with Crippen LogP contribution in [0.4, 0.5) is 0 Å². The van der Waals surface area contributed by atoms with Crippen LogP contribution in [0.25, 0.3) is 0 Å². The lowest BCUT2D eigenvalue weighted by Gasteiger charge is -2.12. The van der Waals surface area contributed by atoms with Gasteiger partial charge in [-0.3, -0.25) is 0 Å². The third-order valence-electron chi connectivity index (χ3n) is 3.31. The molecule has 0 aromatic carbocycles. The van der Waals surface area contributed by atoms with Gasteiger partial charge in [-0.2, -0.15) is 11.8 Å². The van der Waals surface area contributed by atoms with Gasteiger partial charge in [-0.25, -0.2) is 0 Å². The van der Waals surface area contributed by atoms with Gasteiger partial charge in [0.1, 0.15) is 0 Å². The lowest BCUT2D eigenvalue weighted by atomic mass is 10.1. The van der Waals surface area contributed by atoms with Gasteiger partial charge in [0, 0.05) is 11.8 Å². The van der Waals surface area contributed by atoms with Crippen LogP contribution in [0.1, 0.15) is 38.5 Å². The molecule has 0 radical (unpaired) electrons. The molecule has 1 nitrogen and oxygen atoms in total. The SMILES string of the molecule is C1CCC(CSC[C@H]2CCCN2)C1. The summed E-state index contributed by atoms with van der Waals surface area (Å²) in [5, 5.41) is 3.56. The zero-order chi connectivity index (χ0) is 8.93. The van der Waals surface area contributed by atoms with Gasteiger partial charge in [0.05, 0.1) is 0 Å². The van der Waals surface area contributed by atoms with Gasteiger partial charge >= 0.3 is 0 Å². The molecule has 0 amide bonds. The Morgan fingerprint density at radius 1 is 1.00 bits per heavy atom. The highest BCUT2D eigenvalue weighted by Crippen LogP contribution is 2.28. The van der Waals surface area contributed by atoms with Crippen LogP contribution in [0.2, 0.25) is 0 Å². The summed E-state index contributed by atoms with van der Waals surface area (Å²) in [5.41, 5.74) is 0. The van der Waals surface area contributed by atoms with E-state index in [4.69, 9.17) is 0 Å². The van der Waals surface area contributed by atoms with Crippen LogP contribution in [-0.4, -0.2) is 24.1 Å². The number of thioether (sulfide) groups is 1. The van der Waals surface area contributed by atoms with E-state index in [1.807, 2.05) is 0 Å². The van der Waals surface area contributed by atoms with Crippen LogP contribution in [0.5, 0.6) is 0 Å². The zero-order valence-corrected chi connectivity index (χ0v) is 9.24. The summed E-state index contributed by atoms with van der Waals surface area (Å²) in [6.07, 6.45) is 8.81. The number of nitrogens with one attached hydrogen (secondary N) is 1. The fraction of sp³-hybridized carbons (Fsp3) is 1.00. The molecular weight excluding hydrogens is 178 g/mol. The van der Waals surface area contributed by atoms with E-state index < -0.39 is 0 Å². The second-order valence-corrected chi connectivity index (χ2v) is 5.56. The molecule has 1 atom stereocenters. The molecule has 2 heteroatoms. The second-order valence-electron chi connectivity index (χ2n) is 4.48. The predicted octanol–water partition coefficient (Wildman–Crippen LogP) is 2.66. The van der Waals surface area contributed by atoms with Crippen LogP contribution < -0.4 is 5.32 Å². The minimum atomic E-state index is 0.839. The maximum atomic E-state index is 3.56. The van der Waals surface area contributed by atoms with Crippen molar-refractivity contribution in [1.82, 2.24) is 5.32 Å². The summed E-state index contributed by atoms with van der Waals surface area (Å²) in [6, 6.07) is 0.839. The molecule has 1 saturated heterocycles. The Hall–Kier alpha value is 0.310. The Kier molecular flexibility index (Phi) is 3.98. The zero-order valence-electron chi connectivity index (χ0n) is 8.43. The summed E-state index contributed by atoms with van der Waals surface area (Å²) in [4.78, 5) is 0. The molecule has 1 aliphatic carbocycles. The molecule has 1 N–H and O–H groups in total. The molecule has 2 rings (SSSR count). The molecule has 13 heavy (non-hydrogen) atoms. The van der Waals surface area contributed by atoms with Gasteiger partial charge in [-0.15, -0.1) is 0 Å². The van der Waals surface area contributed by atoms with Crippen molar-refractivity contribution in [2.45, 2.75) is 44.6 Å². The van der Waals surface area contributed by atoms with E-state index in [9.17, 15) is 0 Å². The van der Waals surface area contributed by atoms with Gasteiger partial charge < -0.3 is 5.32 Å². The fourth-order valence-electron chi connectivity index (χ4n) is 2.45. The molecule has 1 heterocycles. The highest BCUT2D eigenvalue weighted by atomic mass is 32.2. The Labute approximate surface area is 86.0 Å². The Bertz CT molecular complexity index is 121. The summed E-state index contributed by atoms with van der Waals surface area (Å²) < 4.78 is 0. The van der Waals surface area contributed by atoms with Crippen molar-refractivity contribution in [3.8, 4) is 0 Å². The first-order chi connectivity index (χ1) is 6.45. The Morgan fingerprint density at radius 2 is 1.85 bits per heavy atom. The normalized spacial score (nSPS) is 30.0. The molecule has 1 saturated carbocycles. The van der Waals surface area contributed by atoms with Crippen molar-refractivity contribution in [3.63, 3.8) is 0 Å².